The van der Waals surface area contributed by atoms with E-state index in [2.05, 4.69) is 9.69 Å². The van der Waals surface area contributed by atoms with Crippen molar-refractivity contribution in [1.82, 2.24) is 4.37 Å². The Hall–Kier alpha value is -1.72. The molecule has 1 aromatic heterocycles. The van der Waals surface area contributed by atoms with Crippen LogP contribution in [-0.2, 0) is 4.79 Å². The van der Waals surface area contributed by atoms with E-state index in [0.29, 0.717) is 5.02 Å². The molecule has 1 amide bonds. The number of aromatic nitrogens is 1. The van der Waals surface area contributed by atoms with Crippen molar-refractivity contribution < 1.29 is 4.79 Å². The Morgan fingerprint density at radius 3 is 2.67 bits per heavy atom. The maximum Gasteiger partial charge on any atom is 0.252 e. The van der Waals surface area contributed by atoms with Crippen molar-refractivity contribution in [2.24, 2.45) is 4.99 Å². The Kier molecular flexibility index (Phi) is 2.71. The number of nitrogens with one attached hydrogen (secondary N) is 1. The lowest BCUT2D eigenvalue weighted by Gasteiger charge is -2.08. The Morgan fingerprint density at radius 1 is 1.29 bits per heavy atom. The molecule has 1 fully saturated rings. The monoisotopic (exact) mass is 317 g/mol. The van der Waals surface area contributed by atoms with E-state index in [1.54, 1.807) is 0 Å². The second-order valence-electron chi connectivity index (χ2n) is 5.43. The van der Waals surface area contributed by atoms with Crippen molar-refractivity contribution in [2.75, 3.05) is 5.32 Å². The van der Waals surface area contributed by atoms with Crippen LogP contribution in [-0.4, -0.2) is 21.5 Å². The van der Waals surface area contributed by atoms with Crippen molar-refractivity contribution in [3.8, 4) is 0 Å². The van der Waals surface area contributed by atoms with Gasteiger partial charge in [-0.25, -0.2) is 0 Å². The molecule has 2 heterocycles. The molecule has 1 spiro atoms. The first kappa shape index (κ1) is 13.0. The first-order chi connectivity index (χ1) is 10.1. The van der Waals surface area contributed by atoms with Gasteiger partial charge in [-0.15, -0.1) is 0 Å². The highest BCUT2D eigenvalue weighted by Gasteiger charge is 2.52. The minimum atomic E-state index is -0.583. The van der Waals surface area contributed by atoms with Crippen LogP contribution in [0.3, 0.4) is 0 Å². The maximum absolute atomic E-state index is 12.3. The van der Waals surface area contributed by atoms with Crippen molar-refractivity contribution in [3.05, 3.63) is 46.1 Å². The van der Waals surface area contributed by atoms with E-state index >= 15 is 0 Å². The fraction of sp³-hybridized carbons (Fsp3) is 0.267. The average molecular weight is 318 g/mol. The second kappa shape index (κ2) is 4.39. The molecule has 0 unspecified atom stereocenters. The van der Waals surface area contributed by atoms with Crippen LogP contribution in [0.25, 0.3) is 0 Å². The summed E-state index contributed by atoms with van der Waals surface area (Å²) in [5.41, 5.74) is 3.04. The molecule has 6 heteroatoms. The summed E-state index contributed by atoms with van der Waals surface area (Å²) in [5.74, 6) is -0.0173. The highest BCUT2D eigenvalue weighted by atomic mass is 35.5. The smallest absolute Gasteiger partial charge is 0.252 e. The number of fused-ring (bicyclic) bond motifs is 1. The molecule has 106 valence electrons. The van der Waals surface area contributed by atoms with E-state index in [9.17, 15) is 4.79 Å². The molecule has 1 aromatic carbocycles. The van der Waals surface area contributed by atoms with Crippen LogP contribution in [0.2, 0.25) is 5.02 Å². The van der Waals surface area contributed by atoms with Crippen molar-refractivity contribution in [1.29, 1.82) is 0 Å². The predicted octanol–water partition coefficient (Wildman–Crippen LogP) is 3.43. The summed E-state index contributed by atoms with van der Waals surface area (Å²) in [5, 5.41) is 4.45. The lowest BCUT2D eigenvalue weighted by Crippen LogP contribution is -2.26. The van der Waals surface area contributed by atoms with Crippen LogP contribution in [0.1, 0.15) is 29.7 Å². The lowest BCUT2D eigenvalue weighted by atomic mass is 10.0. The van der Waals surface area contributed by atoms with E-state index in [1.165, 1.54) is 11.5 Å². The van der Waals surface area contributed by atoms with Gasteiger partial charge in [0.05, 0.1) is 17.0 Å². The number of hydrogen-bond acceptors (Lipinski definition) is 4. The largest absolute Gasteiger partial charge is 0.314 e. The van der Waals surface area contributed by atoms with Gasteiger partial charge >= 0.3 is 0 Å². The van der Waals surface area contributed by atoms with Gasteiger partial charge in [-0.3, -0.25) is 9.79 Å². The van der Waals surface area contributed by atoms with Crippen molar-refractivity contribution in [3.63, 3.8) is 0 Å². The van der Waals surface area contributed by atoms with Gasteiger partial charge in [-0.2, -0.15) is 4.37 Å². The van der Waals surface area contributed by atoms with Gasteiger partial charge in [-0.05, 0) is 43.4 Å². The molecule has 0 bridgehead atoms. The maximum atomic E-state index is 12.3. The quantitative estimate of drug-likeness (QED) is 0.876. The van der Waals surface area contributed by atoms with Gasteiger partial charge in [-0.1, -0.05) is 23.7 Å². The van der Waals surface area contributed by atoms with E-state index in [-0.39, 0.29) is 5.91 Å². The molecule has 1 aliphatic heterocycles. The van der Waals surface area contributed by atoms with Crippen LogP contribution < -0.4 is 5.32 Å². The summed E-state index contributed by atoms with van der Waals surface area (Å²) in [6.45, 7) is 1.94. The third kappa shape index (κ3) is 2.00. The van der Waals surface area contributed by atoms with E-state index in [0.717, 1.165) is 40.4 Å². The van der Waals surface area contributed by atoms with Gasteiger partial charge < -0.3 is 5.32 Å². The normalized spacial score (nSPS) is 18.8. The number of nitrogens with zero attached hydrogens (tertiary/aromatic N) is 2. The number of carbonyl (C=O) groups excluding carboxylic acids is 1. The third-order valence-electron chi connectivity index (χ3n) is 3.92. The van der Waals surface area contributed by atoms with E-state index in [1.807, 2.05) is 31.2 Å². The number of hydrogen-bond donors (Lipinski definition) is 1. The van der Waals surface area contributed by atoms with Gasteiger partial charge in [0, 0.05) is 10.6 Å². The van der Waals surface area contributed by atoms with E-state index < -0.39 is 5.54 Å². The zero-order chi connectivity index (χ0) is 14.6. The molecule has 1 aliphatic carbocycles. The van der Waals surface area contributed by atoms with Crippen LogP contribution >= 0.6 is 23.1 Å². The van der Waals surface area contributed by atoms with Gasteiger partial charge in [0.1, 0.15) is 10.5 Å². The van der Waals surface area contributed by atoms with Crippen LogP contribution in [0, 0.1) is 6.92 Å². The Bertz CT molecular complexity index is 775. The van der Waals surface area contributed by atoms with Crippen LogP contribution in [0.4, 0.5) is 5.00 Å². The second-order valence-corrected chi connectivity index (χ2v) is 6.63. The van der Waals surface area contributed by atoms with Crippen molar-refractivity contribution in [2.45, 2.75) is 25.3 Å². The number of anilines is 1. The summed E-state index contributed by atoms with van der Waals surface area (Å²) in [7, 11) is 0. The number of aryl methyl sites for hydroxylation is 1. The van der Waals surface area contributed by atoms with E-state index in [4.69, 9.17) is 16.6 Å². The standard InChI is InChI=1S/C15H12ClN3OS/c1-8-11-12(9-2-4-10(16)5-3-9)18-15(6-7-15)14(20)17-13(11)21-19-8/h2-5H,6-7H2,1H3,(H,17,20). The molecule has 0 saturated heterocycles. The number of rotatable bonds is 1. The summed E-state index contributed by atoms with van der Waals surface area (Å²) in [6.07, 6.45) is 1.61. The first-order valence-corrected chi connectivity index (χ1v) is 7.88. The predicted molar refractivity (Wildman–Crippen MR) is 84.5 cm³/mol. The number of aliphatic imine (C=N–C) groups is 1. The molecular formula is C15H12ClN3OS. The Balaban J connectivity index is 1.95. The molecule has 4 rings (SSSR count). The minimum absolute atomic E-state index is 0.0173. The number of halogens is 1. The number of carbonyl (C=O) groups is 1. The zero-order valence-electron chi connectivity index (χ0n) is 11.3. The highest BCUT2D eigenvalue weighted by molar-refractivity contribution is 7.11. The average Bonchev–Trinajstić information content (AvgIpc) is 3.19. The molecule has 0 atom stereocenters. The summed E-state index contributed by atoms with van der Waals surface area (Å²) < 4.78 is 4.36. The first-order valence-electron chi connectivity index (χ1n) is 6.73. The SMILES string of the molecule is Cc1nsc2c1C(c1ccc(Cl)cc1)=NC1(CC1)C(=O)N2. The fourth-order valence-electron chi connectivity index (χ4n) is 2.55. The molecule has 1 saturated carbocycles. The topological polar surface area (TPSA) is 54.4 Å². The molecular weight excluding hydrogens is 306 g/mol. The number of benzene rings is 1. The number of amides is 1. The van der Waals surface area contributed by atoms with Gasteiger partial charge in [0.2, 0.25) is 0 Å². The van der Waals surface area contributed by atoms with Crippen LogP contribution in [0.15, 0.2) is 29.3 Å². The third-order valence-corrected chi connectivity index (χ3v) is 5.02. The molecule has 21 heavy (non-hydrogen) atoms. The van der Waals surface area contributed by atoms with Gasteiger partial charge in [0.15, 0.2) is 0 Å². The molecule has 1 N–H and O–H groups in total. The summed E-state index contributed by atoms with van der Waals surface area (Å²) >= 11 is 7.28. The fourth-order valence-corrected chi connectivity index (χ4v) is 3.47. The highest BCUT2D eigenvalue weighted by Crippen LogP contribution is 2.45. The lowest BCUT2D eigenvalue weighted by molar-refractivity contribution is -0.118. The van der Waals surface area contributed by atoms with Crippen molar-refractivity contribution >= 4 is 39.8 Å². The van der Waals surface area contributed by atoms with Crippen LogP contribution in [0.5, 0.6) is 0 Å². The van der Waals surface area contributed by atoms with Gasteiger partial charge in [0.25, 0.3) is 5.91 Å². The zero-order valence-corrected chi connectivity index (χ0v) is 12.9. The Morgan fingerprint density at radius 2 is 2.00 bits per heavy atom. The summed E-state index contributed by atoms with van der Waals surface area (Å²) in [4.78, 5) is 17.1. The Labute approximate surface area is 131 Å². The molecule has 4 nitrogen and oxygen atoms in total. The molecule has 2 aliphatic rings. The minimum Gasteiger partial charge on any atom is -0.314 e. The molecule has 2 aromatic rings. The molecule has 0 radical (unpaired) electrons. The summed E-state index contributed by atoms with van der Waals surface area (Å²) in [6, 6.07) is 7.56.